The van der Waals surface area contributed by atoms with Crippen molar-refractivity contribution >= 4 is 31.5 Å². The summed E-state index contributed by atoms with van der Waals surface area (Å²) in [6.45, 7) is 3.67. The van der Waals surface area contributed by atoms with Gasteiger partial charge in [0, 0.05) is 25.7 Å². The number of methoxy groups -OCH3 is 1. The average molecular weight is 507 g/mol. The molecule has 1 aromatic heterocycles. The van der Waals surface area contributed by atoms with E-state index in [1.54, 1.807) is 7.11 Å². The molecule has 6 rings (SSSR count). The number of thiophene rings is 1. The molecule has 0 bridgehead atoms. The molecular weight excluding hydrogens is 472 g/mol. The van der Waals surface area contributed by atoms with Crippen molar-refractivity contribution in [1.82, 2.24) is 0 Å². The summed E-state index contributed by atoms with van der Waals surface area (Å²) in [6.07, 6.45) is 3.04. The van der Waals surface area contributed by atoms with Gasteiger partial charge >= 0.3 is 0 Å². The Balaban J connectivity index is 1.49. The predicted molar refractivity (Wildman–Crippen MR) is 159 cm³/mol. The van der Waals surface area contributed by atoms with Crippen LogP contribution in [0.5, 0.6) is 5.75 Å². The van der Waals surface area contributed by atoms with E-state index in [4.69, 9.17) is 16.2 Å². The summed E-state index contributed by atoms with van der Waals surface area (Å²) in [5, 5.41) is 2.61. The van der Waals surface area contributed by atoms with Gasteiger partial charge in [0.25, 0.3) is 0 Å². The van der Waals surface area contributed by atoms with E-state index < -0.39 is 0 Å². The van der Waals surface area contributed by atoms with Gasteiger partial charge in [-0.15, -0.1) is 11.3 Å². The minimum absolute atomic E-state index is 0.636. The second-order valence-corrected chi connectivity index (χ2v) is 11.5. The van der Waals surface area contributed by atoms with Crippen LogP contribution in [0.2, 0.25) is 0 Å². The highest BCUT2D eigenvalue weighted by Crippen LogP contribution is 2.50. The molecule has 37 heavy (non-hydrogen) atoms. The van der Waals surface area contributed by atoms with Gasteiger partial charge in [-0.1, -0.05) is 43.3 Å². The zero-order chi connectivity index (χ0) is 25.5. The average Bonchev–Trinajstić information content (AvgIpc) is 3.54. The Kier molecular flexibility index (Phi) is 6.49. The summed E-state index contributed by atoms with van der Waals surface area (Å²) in [5.74, 6) is 2.31. The van der Waals surface area contributed by atoms with Crippen LogP contribution in [-0.4, -0.2) is 20.2 Å². The van der Waals surface area contributed by atoms with E-state index in [-0.39, 0.29) is 0 Å². The molecule has 0 saturated heterocycles. The summed E-state index contributed by atoms with van der Waals surface area (Å²) in [4.78, 5) is 0. The molecule has 1 fully saturated rings. The van der Waals surface area contributed by atoms with Crippen LogP contribution in [0.4, 0.5) is 0 Å². The van der Waals surface area contributed by atoms with Gasteiger partial charge in [0.15, 0.2) is 0 Å². The molecule has 1 aliphatic carbocycles. The molecule has 4 aromatic carbocycles. The predicted octanol–water partition coefficient (Wildman–Crippen LogP) is 7.52. The normalized spacial score (nSPS) is 17.0. The Morgan fingerprint density at radius 3 is 1.89 bits per heavy atom. The maximum absolute atomic E-state index is 5.90. The topological polar surface area (TPSA) is 61.3 Å². The van der Waals surface area contributed by atoms with Crippen LogP contribution in [-0.2, 0) is 12.8 Å². The quantitative estimate of drug-likeness (QED) is 0.229. The maximum Gasteiger partial charge on any atom is 0.126 e. The van der Waals surface area contributed by atoms with Crippen LogP contribution in [0.15, 0.2) is 72.8 Å². The highest BCUT2D eigenvalue weighted by Gasteiger charge is 2.35. The summed E-state index contributed by atoms with van der Waals surface area (Å²) < 4.78 is 8.36. The molecule has 1 saturated carbocycles. The maximum atomic E-state index is 5.90. The monoisotopic (exact) mass is 506 g/mol. The minimum atomic E-state index is 0.636. The second-order valence-electron chi connectivity index (χ2n) is 10.4. The lowest BCUT2D eigenvalue weighted by Gasteiger charge is -2.13. The molecule has 5 aromatic rings. The largest absolute Gasteiger partial charge is 0.496 e. The van der Waals surface area contributed by atoms with E-state index in [9.17, 15) is 0 Å². The molecule has 2 atom stereocenters. The first-order valence-corrected chi connectivity index (χ1v) is 14.1. The molecule has 1 aliphatic rings. The van der Waals surface area contributed by atoms with Crippen LogP contribution >= 0.6 is 11.3 Å². The van der Waals surface area contributed by atoms with Gasteiger partial charge in [0.05, 0.1) is 7.11 Å². The minimum Gasteiger partial charge on any atom is -0.496 e. The number of hydrogen-bond acceptors (Lipinski definition) is 4. The molecule has 0 aliphatic heterocycles. The van der Waals surface area contributed by atoms with Crippen molar-refractivity contribution in [3.63, 3.8) is 0 Å². The summed E-state index contributed by atoms with van der Waals surface area (Å²) in [5.41, 5.74) is 20.7. The number of ether oxygens (including phenoxy) is 1. The van der Waals surface area contributed by atoms with Gasteiger partial charge in [-0.3, -0.25) is 0 Å². The molecule has 0 amide bonds. The van der Waals surface area contributed by atoms with E-state index in [1.165, 1.54) is 60.0 Å². The fraction of sp³-hybridized carbons (Fsp3) is 0.273. The van der Waals surface area contributed by atoms with Crippen molar-refractivity contribution < 1.29 is 4.74 Å². The van der Waals surface area contributed by atoms with Crippen molar-refractivity contribution in [2.45, 2.75) is 32.1 Å². The number of fused-ring (bicyclic) bond motifs is 3. The molecule has 0 spiro atoms. The highest BCUT2D eigenvalue weighted by atomic mass is 32.1. The van der Waals surface area contributed by atoms with Crippen molar-refractivity contribution in [2.75, 3.05) is 20.2 Å². The standard InChI is InChI=1S/C33H34N2OS/c1-20-15-26(20)25-7-3-21(11-13-34)16-27(25)23-5-9-32-29(18-23)30-19-24(6-10-33(30)37-32)28-17-22(12-14-35)4-8-31(28)36-2/h3-10,16-20,26H,11-15,34-35H2,1-2H3. The van der Waals surface area contributed by atoms with Crippen LogP contribution in [0.3, 0.4) is 0 Å². The van der Waals surface area contributed by atoms with Crippen LogP contribution in [0, 0.1) is 5.92 Å². The Labute approximate surface area is 223 Å². The van der Waals surface area contributed by atoms with Crippen molar-refractivity contribution in [2.24, 2.45) is 17.4 Å². The van der Waals surface area contributed by atoms with Gasteiger partial charge in [-0.05, 0) is 114 Å². The lowest BCUT2D eigenvalue weighted by Crippen LogP contribution is -2.03. The Hall–Kier alpha value is -3.18. The SMILES string of the molecule is COc1ccc(CCN)cc1-c1ccc2sc3ccc(-c4cc(CCN)ccc4C4CC4C)cc3c2c1. The fourth-order valence-electron chi connectivity index (χ4n) is 5.67. The molecule has 188 valence electrons. The summed E-state index contributed by atoms with van der Waals surface area (Å²) in [7, 11) is 1.74. The molecular formula is C33H34N2OS. The summed E-state index contributed by atoms with van der Waals surface area (Å²) in [6, 6.07) is 27.2. The van der Waals surface area contributed by atoms with Crippen LogP contribution < -0.4 is 16.2 Å². The van der Waals surface area contributed by atoms with Crippen molar-refractivity contribution in [1.29, 1.82) is 0 Å². The molecule has 1 heterocycles. The van der Waals surface area contributed by atoms with E-state index in [0.29, 0.717) is 19.0 Å². The number of rotatable bonds is 8. The molecule has 3 nitrogen and oxygen atoms in total. The lowest BCUT2D eigenvalue weighted by molar-refractivity contribution is 0.416. The highest BCUT2D eigenvalue weighted by molar-refractivity contribution is 7.25. The fourth-order valence-corrected chi connectivity index (χ4v) is 6.74. The Bertz CT molecular complexity index is 1600. The van der Waals surface area contributed by atoms with E-state index in [2.05, 4.69) is 79.7 Å². The zero-order valence-electron chi connectivity index (χ0n) is 21.6. The first-order valence-electron chi connectivity index (χ1n) is 13.3. The molecule has 4 heteroatoms. The molecule has 0 radical (unpaired) electrons. The van der Waals surface area contributed by atoms with E-state index >= 15 is 0 Å². The van der Waals surface area contributed by atoms with Crippen molar-refractivity contribution in [3.05, 3.63) is 89.5 Å². The van der Waals surface area contributed by atoms with Gasteiger partial charge in [0.2, 0.25) is 0 Å². The smallest absolute Gasteiger partial charge is 0.126 e. The third kappa shape index (κ3) is 4.54. The van der Waals surface area contributed by atoms with Gasteiger partial charge in [-0.2, -0.15) is 0 Å². The van der Waals surface area contributed by atoms with Crippen LogP contribution in [0.1, 0.15) is 36.0 Å². The first kappa shape index (κ1) is 24.2. The lowest BCUT2D eigenvalue weighted by atomic mass is 9.92. The molecule has 4 N–H and O–H groups in total. The summed E-state index contributed by atoms with van der Waals surface area (Å²) >= 11 is 1.86. The van der Waals surface area contributed by atoms with Gasteiger partial charge in [-0.25, -0.2) is 0 Å². The number of nitrogens with two attached hydrogens (primary N) is 2. The van der Waals surface area contributed by atoms with E-state index in [0.717, 1.165) is 30.1 Å². The number of hydrogen-bond donors (Lipinski definition) is 2. The zero-order valence-corrected chi connectivity index (χ0v) is 22.4. The third-order valence-corrected chi connectivity index (χ3v) is 9.00. The number of benzene rings is 4. The first-order chi connectivity index (χ1) is 18.1. The molecule has 2 unspecified atom stereocenters. The van der Waals surface area contributed by atoms with Gasteiger partial charge in [0.1, 0.15) is 5.75 Å². The van der Waals surface area contributed by atoms with Crippen LogP contribution in [0.25, 0.3) is 42.4 Å². The third-order valence-electron chi connectivity index (χ3n) is 7.85. The van der Waals surface area contributed by atoms with E-state index in [1.807, 2.05) is 11.3 Å². The second kappa shape index (κ2) is 9.94. The van der Waals surface area contributed by atoms with Gasteiger partial charge < -0.3 is 16.2 Å². The Morgan fingerprint density at radius 1 is 0.757 bits per heavy atom. The van der Waals surface area contributed by atoms with Crippen molar-refractivity contribution in [3.8, 4) is 28.0 Å². The Morgan fingerprint density at radius 2 is 1.32 bits per heavy atom.